The van der Waals surface area contributed by atoms with Crippen molar-refractivity contribution in [2.75, 3.05) is 13.7 Å². The Kier molecular flexibility index (Phi) is 5.24. The first-order valence-corrected chi connectivity index (χ1v) is 9.40. The van der Waals surface area contributed by atoms with E-state index in [0.717, 1.165) is 21.9 Å². The fourth-order valence-corrected chi connectivity index (χ4v) is 3.75. The van der Waals surface area contributed by atoms with Crippen LogP contribution in [0.4, 0.5) is 0 Å². The van der Waals surface area contributed by atoms with E-state index in [1.54, 1.807) is 13.3 Å². The number of fused-ring (bicyclic) bond motifs is 1. The normalized spacial score (nSPS) is 18.7. The van der Waals surface area contributed by atoms with Crippen LogP contribution in [0.3, 0.4) is 0 Å². The average Bonchev–Trinajstić information content (AvgIpc) is 3.15. The highest BCUT2D eigenvalue weighted by molar-refractivity contribution is 6.05. The van der Waals surface area contributed by atoms with E-state index >= 15 is 0 Å². The lowest BCUT2D eigenvalue weighted by atomic mass is 9.88. The number of hydrazone groups is 1. The molecular weight excluding hydrogens is 366 g/mol. The third kappa shape index (κ3) is 3.69. The Hall–Kier alpha value is -3.67. The minimum absolute atomic E-state index is 0.217. The quantitative estimate of drug-likeness (QED) is 0.401. The van der Waals surface area contributed by atoms with Crippen LogP contribution in [-0.4, -0.2) is 31.7 Å². The minimum Gasteiger partial charge on any atom is -0.496 e. The van der Waals surface area contributed by atoms with Crippen LogP contribution in [-0.2, 0) is 9.59 Å². The molecule has 0 radical (unpaired) electrons. The molecule has 4 rings (SSSR count). The van der Waals surface area contributed by atoms with Crippen molar-refractivity contribution in [2.45, 2.75) is 5.92 Å². The SMILES string of the molecule is COc1ccc2ccccc2c1C=NNC(=O)C1C(=O)NCC1c1ccccc1. The zero-order valence-electron chi connectivity index (χ0n) is 16.0. The number of benzene rings is 3. The predicted molar refractivity (Wildman–Crippen MR) is 112 cm³/mol. The summed E-state index contributed by atoms with van der Waals surface area (Å²) in [6.07, 6.45) is 1.56. The molecule has 2 atom stereocenters. The highest BCUT2D eigenvalue weighted by Crippen LogP contribution is 2.29. The maximum absolute atomic E-state index is 12.7. The van der Waals surface area contributed by atoms with Crippen molar-refractivity contribution in [3.63, 3.8) is 0 Å². The number of nitrogens with zero attached hydrogens (tertiary/aromatic N) is 1. The van der Waals surface area contributed by atoms with Crippen molar-refractivity contribution in [3.05, 3.63) is 77.9 Å². The second kappa shape index (κ2) is 8.14. The fourth-order valence-electron chi connectivity index (χ4n) is 3.75. The Bertz CT molecular complexity index is 1080. The van der Waals surface area contributed by atoms with Crippen molar-refractivity contribution in [1.82, 2.24) is 10.7 Å². The first kappa shape index (κ1) is 18.7. The summed E-state index contributed by atoms with van der Waals surface area (Å²) in [6, 6.07) is 21.3. The number of carbonyl (C=O) groups excluding carboxylic acids is 2. The molecule has 6 nitrogen and oxygen atoms in total. The lowest BCUT2D eigenvalue weighted by molar-refractivity contribution is -0.133. The summed E-state index contributed by atoms with van der Waals surface area (Å²) in [4.78, 5) is 25.0. The number of carbonyl (C=O) groups is 2. The molecule has 2 amide bonds. The van der Waals surface area contributed by atoms with Gasteiger partial charge in [-0.05, 0) is 22.4 Å². The minimum atomic E-state index is -0.816. The monoisotopic (exact) mass is 387 g/mol. The van der Waals surface area contributed by atoms with E-state index in [1.807, 2.05) is 66.7 Å². The Balaban J connectivity index is 1.56. The molecule has 2 unspecified atom stereocenters. The van der Waals surface area contributed by atoms with E-state index in [1.165, 1.54) is 0 Å². The zero-order valence-corrected chi connectivity index (χ0v) is 16.0. The van der Waals surface area contributed by atoms with Gasteiger partial charge in [0.15, 0.2) is 0 Å². The maximum atomic E-state index is 12.7. The van der Waals surface area contributed by atoms with Gasteiger partial charge < -0.3 is 10.1 Å². The van der Waals surface area contributed by atoms with E-state index in [4.69, 9.17) is 4.74 Å². The van der Waals surface area contributed by atoms with E-state index in [2.05, 4.69) is 15.8 Å². The molecule has 2 N–H and O–H groups in total. The Morgan fingerprint density at radius 2 is 1.86 bits per heavy atom. The molecule has 3 aromatic rings. The summed E-state index contributed by atoms with van der Waals surface area (Å²) in [6.45, 7) is 0.432. The van der Waals surface area contributed by atoms with E-state index in [0.29, 0.717) is 12.3 Å². The summed E-state index contributed by atoms with van der Waals surface area (Å²) in [5, 5.41) is 8.91. The van der Waals surface area contributed by atoms with Crippen LogP contribution >= 0.6 is 0 Å². The average molecular weight is 387 g/mol. The van der Waals surface area contributed by atoms with E-state index < -0.39 is 11.8 Å². The highest BCUT2D eigenvalue weighted by Gasteiger charge is 2.40. The van der Waals surface area contributed by atoms with E-state index in [-0.39, 0.29) is 11.8 Å². The lowest BCUT2D eigenvalue weighted by Gasteiger charge is -2.15. The van der Waals surface area contributed by atoms with Gasteiger partial charge in [-0.15, -0.1) is 0 Å². The molecule has 1 saturated heterocycles. The molecule has 1 fully saturated rings. The van der Waals surface area contributed by atoms with Crippen molar-refractivity contribution >= 4 is 28.8 Å². The van der Waals surface area contributed by atoms with Crippen molar-refractivity contribution in [2.24, 2.45) is 11.0 Å². The Morgan fingerprint density at radius 3 is 2.66 bits per heavy atom. The molecule has 3 aromatic carbocycles. The van der Waals surface area contributed by atoms with Crippen molar-refractivity contribution < 1.29 is 14.3 Å². The van der Waals surface area contributed by atoms with Gasteiger partial charge in [0.05, 0.1) is 13.3 Å². The zero-order chi connectivity index (χ0) is 20.2. The van der Waals surface area contributed by atoms with Gasteiger partial charge in [0.25, 0.3) is 5.91 Å². The van der Waals surface area contributed by atoms with Crippen LogP contribution in [0, 0.1) is 5.92 Å². The summed E-state index contributed by atoms with van der Waals surface area (Å²) in [5.74, 6) is -1.09. The van der Waals surface area contributed by atoms with Gasteiger partial charge in [-0.25, -0.2) is 5.43 Å². The largest absolute Gasteiger partial charge is 0.496 e. The second-order valence-electron chi connectivity index (χ2n) is 6.88. The van der Waals surface area contributed by atoms with Gasteiger partial charge in [0.2, 0.25) is 5.91 Å². The van der Waals surface area contributed by atoms with Gasteiger partial charge in [-0.1, -0.05) is 60.7 Å². The molecular formula is C23H21N3O3. The molecule has 29 heavy (non-hydrogen) atoms. The second-order valence-corrected chi connectivity index (χ2v) is 6.88. The predicted octanol–water partition coefficient (Wildman–Crippen LogP) is 2.83. The number of hydrogen-bond acceptors (Lipinski definition) is 4. The molecule has 1 aliphatic rings. The smallest absolute Gasteiger partial charge is 0.253 e. The topological polar surface area (TPSA) is 79.8 Å². The molecule has 0 aromatic heterocycles. The van der Waals surface area contributed by atoms with Gasteiger partial charge in [-0.2, -0.15) is 5.10 Å². The molecule has 1 heterocycles. The van der Waals surface area contributed by atoms with Crippen LogP contribution in [0.25, 0.3) is 10.8 Å². The van der Waals surface area contributed by atoms with Crippen molar-refractivity contribution in [3.8, 4) is 5.75 Å². The number of methoxy groups -OCH3 is 1. The van der Waals surface area contributed by atoms with Crippen LogP contribution in [0.1, 0.15) is 17.0 Å². The van der Waals surface area contributed by atoms with Crippen LogP contribution in [0.15, 0.2) is 71.8 Å². The molecule has 0 saturated carbocycles. The lowest BCUT2D eigenvalue weighted by Crippen LogP contribution is -2.34. The number of hydrogen-bond donors (Lipinski definition) is 2. The van der Waals surface area contributed by atoms with Crippen LogP contribution in [0.2, 0.25) is 0 Å². The van der Waals surface area contributed by atoms with Crippen LogP contribution in [0.5, 0.6) is 5.75 Å². The van der Waals surface area contributed by atoms with Gasteiger partial charge >= 0.3 is 0 Å². The molecule has 1 aliphatic heterocycles. The molecule has 0 spiro atoms. The van der Waals surface area contributed by atoms with Gasteiger partial charge in [0, 0.05) is 18.0 Å². The van der Waals surface area contributed by atoms with Crippen LogP contribution < -0.4 is 15.5 Å². The first-order chi connectivity index (χ1) is 14.2. The molecule has 0 bridgehead atoms. The Morgan fingerprint density at radius 1 is 1.10 bits per heavy atom. The van der Waals surface area contributed by atoms with Gasteiger partial charge in [0.1, 0.15) is 11.7 Å². The number of ether oxygens (including phenoxy) is 1. The highest BCUT2D eigenvalue weighted by atomic mass is 16.5. The number of nitrogens with one attached hydrogen (secondary N) is 2. The Labute approximate surface area is 168 Å². The standard InChI is InChI=1S/C23H21N3O3/c1-29-20-12-11-16-9-5-6-10-17(16)19(20)14-25-26-23(28)21-18(13-24-22(21)27)15-7-3-2-4-8-15/h2-12,14,18,21H,13H2,1H3,(H,24,27)(H,26,28). The first-order valence-electron chi connectivity index (χ1n) is 9.40. The third-order valence-corrected chi connectivity index (χ3v) is 5.21. The summed E-state index contributed by atoms with van der Waals surface area (Å²) in [7, 11) is 1.59. The fraction of sp³-hybridized carbons (Fsp3) is 0.174. The summed E-state index contributed by atoms with van der Waals surface area (Å²) >= 11 is 0. The van der Waals surface area contributed by atoms with Crippen molar-refractivity contribution in [1.29, 1.82) is 0 Å². The third-order valence-electron chi connectivity index (χ3n) is 5.21. The molecule has 0 aliphatic carbocycles. The molecule has 6 heteroatoms. The summed E-state index contributed by atoms with van der Waals surface area (Å²) in [5.41, 5.74) is 4.25. The van der Waals surface area contributed by atoms with Gasteiger partial charge in [-0.3, -0.25) is 9.59 Å². The number of rotatable bonds is 5. The molecule has 146 valence electrons. The summed E-state index contributed by atoms with van der Waals surface area (Å²) < 4.78 is 5.43. The van der Waals surface area contributed by atoms with E-state index in [9.17, 15) is 9.59 Å². The number of amides is 2. The maximum Gasteiger partial charge on any atom is 0.253 e.